The van der Waals surface area contributed by atoms with Gasteiger partial charge in [-0.1, -0.05) is 71.1 Å². The van der Waals surface area contributed by atoms with Gasteiger partial charge in [0.05, 0.1) is 0 Å². The van der Waals surface area contributed by atoms with E-state index in [0.29, 0.717) is 11.5 Å². The molecule has 0 saturated heterocycles. The predicted octanol–water partition coefficient (Wildman–Crippen LogP) is 4.88. The molecule has 26 heavy (non-hydrogen) atoms. The zero-order valence-corrected chi connectivity index (χ0v) is 22.7. The van der Waals surface area contributed by atoms with E-state index in [2.05, 4.69) is 39.1 Å². The molecule has 158 valence electrons. The normalized spacial score (nSPS) is 9.27. The molecule has 0 aromatic rings. The Kier molecular flexibility index (Phi) is 61.6. The van der Waals surface area contributed by atoms with E-state index in [1.165, 1.54) is 81.5 Å². The summed E-state index contributed by atoms with van der Waals surface area (Å²) in [5.74, 6) is 1.87. The van der Waals surface area contributed by atoms with Crippen LogP contribution in [0.3, 0.4) is 0 Å². The summed E-state index contributed by atoms with van der Waals surface area (Å²) in [5.41, 5.74) is 0. The van der Waals surface area contributed by atoms with Gasteiger partial charge in [-0.05, 0) is 0 Å². The summed E-state index contributed by atoms with van der Waals surface area (Å²) < 4.78 is 1.43. The summed E-state index contributed by atoms with van der Waals surface area (Å²) in [6, 6.07) is 0. The van der Waals surface area contributed by atoms with Crippen LogP contribution in [-0.2, 0) is 37.9 Å². The minimum Gasteiger partial charge on any atom is -0.790 e. The van der Waals surface area contributed by atoms with E-state index < -0.39 is 0 Å². The second-order valence-electron chi connectivity index (χ2n) is 5.85. The largest absolute Gasteiger partial charge is 0.790 e. The van der Waals surface area contributed by atoms with Crippen LogP contribution in [0.25, 0.3) is 0 Å². The van der Waals surface area contributed by atoms with E-state index in [9.17, 15) is 0 Å². The van der Waals surface area contributed by atoms with Crippen molar-refractivity contribution in [1.29, 1.82) is 0 Å². The summed E-state index contributed by atoms with van der Waals surface area (Å²) in [6.07, 6.45) is 16.8. The van der Waals surface area contributed by atoms with Gasteiger partial charge in [-0.2, -0.15) is 17.3 Å². The molecule has 0 rings (SSSR count). The Morgan fingerprint density at radius 1 is 0.538 bits per heavy atom. The molecule has 2 nitrogen and oxygen atoms in total. The summed E-state index contributed by atoms with van der Waals surface area (Å²) in [5, 5.41) is 15.5. The Balaban J connectivity index is -0.000000152. The van der Waals surface area contributed by atoms with Crippen molar-refractivity contribution in [3.8, 4) is 0 Å². The van der Waals surface area contributed by atoms with Crippen LogP contribution in [-0.4, -0.2) is 63.2 Å². The topological polar surface area (TPSA) is 40.5 Å². The molecule has 0 amide bonds. The van der Waals surface area contributed by atoms with Crippen molar-refractivity contribution >= 4 is 60.4 Å². The fourth-order valence-electron chi connectivity index (χ4n) is 1.77. The monoisotopic (exact) mass is 532 g/mol. The Bertz CT molecular complexity index is 159. The van der Waals surface area contributed by atoms with Gasteiger partial charge >= 0.3 is 46.7 Å². The zero-order chi connectivity index (χ0) is 20.7. The molecule has 0 aliphatic carbocycles. The average Bonchev–Trinajstić information content (AvgIpc) is 2.68. The molecule has 0 aromatic carbocycles. The molecule has 0 aliphatic heterocycles. The Morgan fingerprint density at radius 3 is 1.04 bits per heavy atom. The summed E-state index contributed by atoms with van der Waals surface area (Å²) >= 11 is 15.2. The molecule has 6 heteroatoms. The van der Waals surface area contributed by atoms with Gasteiger partial charge in [-0.25, -0.2) is 0 Å². The number of rotatable bonds is 14. The zero-order valence-electron chi connectivity index (χ0n) is 17.3. The van der Waals surface area contributed by atoms with Crippen LogP contribution >= 0.6 is 0 Å². The Hall–Kier alpha value is 1.77. The van der Waals surface area contributed by atoms with Crippen LogP contribution in [0.4, 0.5) is 0 Å². The first-order valence-electron chi connectivity index (χ1n) is 10.3. The maximum atomic E-state index is 7.77. The van der Waals surface area contributed by atoms with Crippen LogP contribution in [0.2, 0.25) is 4.44 Å². The van der Waals surface area contributed by atoms with Gasteiger partial charge in [0, 0.05) is 13.2 Å². The molecule has 0 unspecified atom stereocenters. The molecule has 0 atom stereocenters. The van der Waals surface area contributed by atoms with E-state index in [4.69, 9.17) is 22.8 Å². The van der Waals surface area contributed by atoms with Crippen molar-refractivity contribution in [2.75, 3.05) is 30.5 Å². The van der Waals surface area contributed by atoms with E-state index in [1.54, 1.807) is 22.5 Å². The van der Waals surface area contributed by atoms with Gasteiger partial charge in [0.2, 0.25) is 0 Å². The minimum absolute atomic E-state index is 0.134. The quantitative estimate of drug-likeness (QED) is 0.190. The van der Waals surface area contributed by atoms with Crippen LogP contribution in [0.15, 0.2) is 0 Å². The molecule has 0 aliphatic rings. The van der Waals surface area contributed by atoms with Crippen molar-refractivity contribution in [3.05, 3.63) is 0 Å². The van der Waals surface area contributed by atoms with Gasteiger partial charge in [-0.15, -0.1) is 0 Å². The number of hydrogen-bond acceptors (Lipinski definition) is 5. The number of hydrogen-bond donors (Lipinski definition) is 2. The molecule has 0 spiro atoms. The van der Waals surface area contributed by atoms with E-state index >= 15 is 0 Å². The second-order valence-corrected chi connectivity index (χ2v) is 8.50. The third-order valence-electron chi connectivity index (χ3n) is 3.21. The third-order valence-corrected chi connectivity index (χ3v) is 4.87. The maximum absolute atomic E-state index is 7.77. The van der Waals surface area contributed by atoms with Crippen LogP contribution < -0.4 is 0 Å². The average molecular weight is 531 g/mol. The second kappa shape index (κ2) is 45.5. The van der Waals surface area contributed by atoms with Gasteiger partial charge in [-0.3, -0.25) is 0 Å². The molecule has 0 heterocycles. The maximum Gasteiger partial charge on any atom is 0.0213 e. The van der Waals surface area contributed by atoms with E-state index in [-0.39, 0.29) is 13.2 Å². The van der Waals surface area contributed by atoms with Gasteiger partial charge in [0.15, 0.2) is 0 Å². The van der Waals surface area contributed by atoms with Gasteiger partial charge in [0.25, 0.3) is 0 Å². The van der Waals surface area contributed by atoms with E-state index in [1.807, 2.05) is 0 Å². The summed E-state index contributed by atoms with van der Waals surface area (Å²) in [6.45, 7) is 4.77. The van der Waals surface area contributed by atoms with Crippen LogP contribution in [0.1, 0.15) is 90.9 Å². The first kappa shape index (κ1) is 35.2. The van der Waals surface area contributed by atoms with Crippen LogP contribution in [0.5, 0.6) is 0 Å². The van der Waals surface area contributed by atoms with Crippen molar-refractivity contribution in [3.63, 3.8) is 0 Å². The fourth-order valence-corrected chi connectivity index (χ4v) is 2.98. The minimum atomic E-state index is 0.134. The first-order valence-corrected chi connectivity index (χ1v) is 14.0. The Morgan fingerprint density at radius 2 is 0.846 bits per heavy atom. The smallest absolute Gasteiger partial charge is 0.0213 e. The van der Waals surface area contributed by atoms with Crippen molar-refractivity contribution in [1.82, 2.24) is 0 Å². The molecular weight excluding hydrogens is 487 g/mol. The molecule has 0 bridgehead atoms. The molecule has 2 N–H and O–H groups in total. The number of aliphatic hydroxyl groups excluding tert-OH is 2. The SMILES string of the molecule is CCCCCCCCCCCC[S-].CCC[CH2][Sn+3].OCC[S-].OCC[S-]. The molecular formula is C20H44O2S3Sn. The van der Waals surface area contributed by atoms with Crippen LogP contribution in [0, 0.1) is 0 Å². The van der Waals surface area contributed by atoms with Crippen molar-refractivity contribution < 1.29 is 10.2 Å². The van der Waals surface area contributed by atoms with Gasteiger partial charge < -0.3 is 48.1 Å². The van der Waals surface area contributed by atoms with Gasteiger partial charge in [0.1, 0.15) is 0 Å². The molecule has 0 radical (unpaired) electrons. The van der Waals surface area contributed by atoms with E-state index in [0.717, 1.165) is 5.75 Å². The third kappa shape index (κ3) is 63.6. The van der Waals surface area contributed by atoms with Crippen molar-refractivity contribution in [2.24, 2.45) is 0 Å². The summed E-state index contributed by atoms with van der Waals surface area (Å²) in [7, 11) is 0. The first-order chi connectivity index (χ1) is 12.7. The molecule has 0 saturated carbocycles. The number of aliphatic hydroxyl groups is 2. The standard InChI is InChI=1S/C12H26S.C4H9.2C2H6OS.Sn/c1-2-3-4-5-6-7-8-9-10-11-12-13;1-3-4-2;2*3-1-2-4;/h13H,2-12H2,1H3;1,3-4H2,2H3;2*3-4H,1-2H2;/q;;;;+3/p-3. The number of unbranched alkanes of at least 4 members (excludes halogenated alkanes) is 10. The summed E-state index contributed by atoms with van der Waals surface area (Å²) in [4.78, 5) is 0. The Labute approximate surface area is 195 Å². The predicted molar refractivity (Wildman–Crippen MR) is 128 cm³/mol. The molecule has 0 fully saturated rings. The fraction of sp³-hybridized carbons (Fsp3) is 1.00. The molecule has 0 aromatic heterocycles. The van der Waals surface area contributed by atoms with Crippen molar-refractivity contribution in [2.45, 2.75) is 95.3 Å².